The Morgan fingerprint density at radius 1 is 1.44 bits per heavy atom. The second-order valence-corrected chi connectivity index (χ2v) is 5.48. The third-order valence-electron chi connectivity index (χ3n) is 3.08. The number of pyridine rings is 1. The maximum absolute atomic E-state index is 8.93. The molecule has 2 heterocycles. The minimum atomic E-state index is 0.490. The fourth-order valence-corrected chi connectivity index (χ4v) is 2.75. The number of nitrogens with zero attached hydrogens (tertiary/aromatic N) is 3. The summed E-state index contributed by atoms with van der Waals surface area (Å²) in [4.78, 5) is 7.77. The Bertz CT molecular complexity index is 567. The second kappa shape index (κ2) is 4.79. The Kier molecular flexibility index (Phi) is 2.99. The van der Waals surface area contributed by atoms with Crippen molar-refractivity contribution in [3.05, 3.63) is 46.4 Å². The number of hydrogen-bond acceptors (Lipinski definition) is 4. The summed E-state index contributed by atoms with van der Waals surface area (Å²) >= 11 is 1.78. The summed E-state index contributed by atoms with van der Waals surface area (Å²) < 4.78 is 0. The molecule has 0 aliphatic heterocycles. The maximum Gasteiger partial charge on any atom is 0.142 e. The highest BCUT2D eigenvalue weighted by atomic mass is 32.1. The third-order valence-corrected chi connectivity index (χ3v) is 3.94. The first-order valence-electron chi connectivity index (χ1n) is 6.02. The van der Waals surface area contributed by atoms with Gasteiger partial charge >= 0.3 is 0 Å². The van der Waals surface area contributed by atoms with E-state index >= 15 is 0 Å². The molecule has 3 nitrogen and oxygen atoms in total. The first kappa shape index (κ1) is 11.2. The van der Waals surface area contributed by atoms with Gasteiger partial charge in [0.25, 0.3) is 0 Å². The zero-order chi connectivity index (χ0) is 12.4. The molecule has 3 rings (SSSR count). The van der Waals surface area contributed by atoms with Gasteiger partial charge in [-0.05, 0) is 36.4 Å². The van der Waals surface area contributed by atoms with Gasteiger partial charge in [-0.2, -0.15) is 5.26 Å². The molecule has 0 aromatic carbocycles. The number of thiophene rings is 1. The summed E-state index contributed by atoms with van der Waals surface area (Å²) in [5.41, 5.74) is 1.60. The molecule has 2 aromatic rings. The van der Waals surface area contributed by atoms with Crippen LogP contribution in [0.2, 0.25) is 0 Å². The van der Waals surface area contributed by atoms with Gasteiger partial charge < -0.3 is 4.90 Å². The van der Waals surface area contributed by atoms with Gasteiger partial charge in [-0.25, -0.2) is 4.98 Å². The number of hydrogen-bond donors (Lipinski definition) is 0. The number of aromatic nitrogens is 1. The Balaban J connectivity index is 1.87. The summed E-state index contributed by atoms with van der Waals surface area (Å²) in [5.74, 6) is 0. The fraction of sp³-hybridized carbons (Fsp3) is 0.286. The van der Waals surface area contributed by atoms with E-state index in [1.165, 1.54) is 17.7 Å². The van der Waals surface area contributed by atoms with Gasteiger partial charge in [0.2, 0.25) is 0 Å². The van der Waals surface area contributed by atoms with Crippen LogP contribution in [0, 0.1) is 11.3 Å². The first-order valence-corrected chi connectivity index (χ1v) is 6.90. The lowest BCUT2D eigenvalue weighted by molar-refractivity contribution is 0.802. The molecule has 1 fully saturated rings. The molecule has 2 aromatic heterocycles. The molecule has 4 heteroatoms. The molecule has 0 radical (unpaired) electrons. The van der Waals surface area contributed by atoms with Crippen molar-refractivity contribution >= 4 is 17.0 Å². The average Bonchev–Trinajstić information content (AvgIpc) is 3.13. The standard InChI is InChI=1S/C14H13N3S/c15-9-11-8-13(5-6-16-11)17(12-3-4-12)10-14-2-1-7-18-14/h1-2,5-8,12H,3-4,10H2. The Morgan fingerprint density at radius 3 is 3.00 bits per heavy atom. The SMILES string of the molecule is N#Cc1cc(N(Cc2cccs2)C2CC2)ccn1. The molecule has 0 N–H and O–H groups in total. The first-order chi connectivity index (χ1) is 8.86. The molecule has 0 atom stereocenters. The van der Waals surface area contributed by atoms with Crippen molar-refractivity contribution in [2.24, 2.45) is 0 Å². The molecule has 1 aliphatic rings. The molecule has 1 saturated carbocycles. The minimum absolute atomic E-state index is 0.490. The summed E-state index contributed by atoms with van der Waals surface area (Å²) in [5, 5.41) is 11.0. The van der Waals surface area contributed by atoms with E-state index in [1.807, 2.05) is 12.1 Å². The lowest BCUT2D eigenvalue weighted by atomic mass is 10.2. The van der Waals surface area contributed by atoms with Crippen LogP contribution in [0.5, 0.6) is 0 Å². The molecule has 1 aliphatic carbocycles. The van der Waals surface area contributed by atoms with Crippen molar-refractivity contribution in [3.8, 4) is 6.07 Å². The van der Waals surface area contributed by atoms with Crippen molar-refractivity contribution in [2.45, 2.75) is 25.4 Å². The quantitative estimate of drug-likeness (QED) is 0.842. The van der Waals surface area contributed by atoms with Crippen LogP contribution in [0.15, 0.2) is 35.8 Å². The highest BCUT2D eigenvalue weighted by Gasteiger charge is 2.29. The normalized spacial score (nSPS) is 14.2. The largest absolute Gasteiger partial charge is 0.363 e. The minimum Gasteiger partial charge on any atom is -0.363 e. The summed E-state index contributed by atoms with van der Waals surface area (Å²) in [6.45, 7) is 0.928. The Hall–Kier alpha value is -1.86. The van der Waals surface area contributed by atoms with Crippen LogP contribution in [0.4, 0.5) is 5.69 Å². The lowest BCUT2D eigenvalue weighted by Gasteiger charge is -2.24. The van der Waals surface area contributed by atoms with Crippen molar-refractivity contribution in [1.29, 1.82) is 5.26 Å². The average molecular weight is 255 g/mol. The van der Waals surface area contributed by atoms with Crippen LogP contribution >= 0.6 is 11.3 Å². The van der Waals surface area contributed by atoms with Gasteiger partial charge in [0, 0.05) is 22.8 Å². The van der Waals surface area contributed by atoms with E-state index in [4.69, 9.17) is 5.26 Å². The van der Waals surface area contributed by atoms with Gasteiger partial charge in [0.1, 0.15) is 11.8 Å². The molecule has 0 spiro atoms. The van der Waals surface area contributed by atoms with E-state index in [1.54, 1.807) is 17.5 Å². The predicted octanol–water partition coefficient (Wildman–Crippen LogP) is 3.18. The zero-order valence-corrected chi connectivity index (χ0v) is 10.7. The molecule has 0 bridgehead atoms. The highest BCUT2D eigenvalue weighted by molar-refractivity contribution is 7.09. The molecule has 0 saturated heterocycles. The molecular weight excluding hydrogens is 242 g/mol. The fourth-order valence-electron chi connectivity index (χ4n) is 2.05. The van der Waals surface area contributed by atoms with E-state index in [0.29, 0.717) is 11.7 Å². The smallest absolute Gasteiger partial charge is 0.142 e. The number of anilines is 1. The van der Waals surface area contributed by atoms with E-state index in [-0.39, 0.29) is 0 Å². The number of nitriles is 1. The van der Waals surface area contributed by atoms with Crippen LogP contribution in [0.3, 0.4) is 0 Å². The van der Waals surface area contributed by atoms with Crippen molar-refractivity contribution in [3.63, 3.8) is 0 Å². The summed E-state index contributed by atoms with van der Waals surface area (Å²) in [6.07, 6.45) is 4.21. The van der Waals surface area contributed by atoms with Crippen LogP contribution in [0.25, 0.3) is 0 Å². The monoisotopic (exact) mass is 255 g/mol. The van der Waals surface area contributed by atoms with Crippen LogP contribution in [0.1, 0.15) is 23.4 Å². The third kappa shape index (κ3) is 2.36. The van der Waals surface area contributed by atoms with Crippen molar-refractivity contribution < 1.29 is 0 Å². The van der Waals surface area contributed by atoms with Crippen molar-refractivity contribution in [1.82, 2.24) is 4.98 Å². The van der Waals surface area contributed by atoms with Gasteiger partial charge in [0.05, 0.1) is 6.54 Å². The van der Waals surface area contributed by atoms with Crippen LogP contribution < -0.4 is 4.90 Å². The Labute approximate surface area is 110 Å². The highest BCUT2D eigenvalue weighted by Crippen LogP contribution is 2.33. The van der Waals surface area contributed by atoms with E-state index in [2.05, 4.69) is 33.5 Å². The molecular formula is C14H13N3S. The molecule has 0 amide bonds. The topological polar surface area (TPSA) is 39.9 Å². The predicted molar refractivity (Wildman–Crippen MR) is 72.5 cm³/mol. The van der Waals surface area contributed by atoms with Gasteiger partial charge in [0.15, 0.2) is 0 Å². The van der Waals surface area contributed by atoms with Gasteiger partial charge in [-0.3, -0.25) is 0 Å². The summed E-state index contributed by atoms with van der Waals surface area (Å²) in [7, 11) is 0. The second-order valence-electron chi connectivity index (χ2n) is 4.45. The zero-order valence-electron chi connectivity index (χ0n) is 9.91. The van der Waals surface area contributed by atoms with E-state index in [9.17, 15) is 0 Å². The van der Waals surface area contributed by atoms with Crippen LogP contribution in [-0.2, 0) is 6.54 Å². The van der Waals surface area contributed by atoms with E-state index in [0.717, 1.165) is 12.2 Å². The summed E-state index contributed by atoms with van der Waals surface area (Å²) in [6, 6.07) is 10.8. The number of rotatable bonds is 4. The van der Waals surface area contributed by atoms with Gasteiger partial charge in [-0.15, -0.1) is 11.3 Å². The molecule has 90 valence electrons. The molecule has 0 unspecified atom stereocenters. The van der Waals surface area contributed by atoms with Crippen molar-refractivity contribution in [2.75, 3.05) is 4.90 Å². The lowest BCUT2D eigenvalue weighted by Crippen LogP contribution is -2.24. The molecule has 18 heavy (non-hydrogen) atoms. The Morgan fingerprint density at radius 2 is 2.33 bits per heavy atom. The maximum atomic E-state index is 8.93. The van der Waals surface area contributed by atoms with E-state index < -0.39 is 0 Å². The van der Waals surface area contributed by atoms with Crippen LogP contribution in [-0.4, -0.2) is 11.0 Å². The van der Waals surface area contributed by atoms with Gasteiger partial charge in [-0.1, -0.05) is 6.07 Å².